The molecule has 0 aliphatic carbocycles. The molecule has 1 N–H and O–H groups in total. The third-order valence-electron chi connectivity index (χ3n) is 1.59. The highest BCUT2D eigenvalue weighted by Gasteiger charge is 2.40. The number of hydrogen-bond donors (Lipinski definition) is 1. The van der Waals surface area contributed by atoms with E-state index in [0.717, 1.165) is 13.0 Å². The Labute approximate surface area is 88.4 Å². The van der Waals surface area contributed by atoms with Gasteiger partial charge in [-0.1, -0.05) is 6.92 Å². The molecule has 0 aromatic heterocycles. The highest BCUT2D eigenvalue weighted by Crippen LogP contribution is 2.05. The zero-order chi connectivity index (χ0) is 10.9. The van der Waals surface area contributed by atoms with Crippen molar-refractivity contribution in [1.29, 1.82) is 0 Å². The molecule has 14 heavy (non-hydrogen) atoms. The molecule has 86 valence electrons. The maximum Gasteiger partial charge on any atom is 0.596 e. The second-order valence-corrected chi connectivity index (χ2v) is 5.11. The summed E-state index contributed by atoms with van der Waals surface area (Å²) in [5, 5.41) is 0. The smallest absolute Gasteiger partial charge is 0.361 e. The molecule has 0 spiro atoms. The summed E-state index contributed by atoms with van der Waals surface area (Å²) in [6, 6.07) is 0. The average molecular weight is 221 g/mol. The minimum atomic E-state index is -2.57. The highest BCUT2D eigenvalue weighted by atomic mass is 28.4. The topological polar surface area (TPSA) is 39.7 Å². The van der Waals surface area contributed by atoms with E-state index in [1.54, 1.807) is 0 Å². The van der Waals surface area contributed by atoms with Crippen LogP contribution in [0.3, 0.4) is 0 Å². The monoisotopic (exact) mass is 221 g/mol. The van der Waals surface area contributed by atoms with Crippen molar-refractivity contribution in [3.8, 4) is 0 Å². The summed E-state index contributed by atoms with van der Waals surface area (Å²) in [6.45, 7) is 10.7. The number of hydrogen-bond acceptors (Lipinski definition) is 4. The minimum Gasteiger partial charge on any atom is -0.361 e. The van der Waals surface area contributed by atoms with E-state index >= 15 is 0 Å². The molecule has 0 aromatic carbocycles. The van der Waals surface area contributed by atoms with Gasteiger partial charge in [0.25, 0.3) is 0 Å². The van der Waals surface area contributed by atoms with Crippen LogP contribution in [0.25, 0.3) is 0 Å². The van der Waals surface area contributed by atoms with E-state index in [2.05, 4.69) is 11.9 Å². The molecule has 0 unspecified atom stereocenters. The molecule has 0 saturated carbocycles. The molecule has 0 aromatic rings. The third kappa shape index (κ3) is 5.07. The van der Waals surface area contributed by atoms with Gasteiger partial charge < -0.3 is 13.3 Å². The normalized spacial score (nSPS) is 12.0. The van der Waals surface area contributed by atoms with Crippen LogP contribution >= 0.6 is 0 Å². The van der Waals surface area contributed by atoms with Crippen molar-refractivity contribution < 1.29 is 13.3 Å². The first-order valence-corrected chi connectivity index (χ1v) is 7.14. The highest BCUT2D eigenvalue weighted by molar-refractivity contribution is 6.57. The summed E-state index contributed by atoms with van der Waals surface area (Å²) in [6.07, 6.45) is 1.04. The van der Waals surface area contributed by atoms with Gasteiger partial charge in [0.15, 0.2) is 0 Å². The Bertz CT molecular complexity index is 118. The second kappa shape index (κ2) is 8.37. The first-order chi connectivity index (χ1) is 6.74. The lowest BCUT2D eigenvalue weighted by Crippen LogP contribution is -2.59. The van der Waals surface area contributed by atoms with Crippen molar-refractivity contribution in [2.75, 3.05) is 26.4 Å². The maximum atomic E-state index is 5.60. The van der Waals surface area contributed by atoms with Gasteiger partial charge >= 0.3 is 8.97 Å². The van der Waals surface area contributed by atoms with Crippen LogP contribution in [0.2, 0.25) is 0 Å². The molecule has 0 radical (unpaired) electrons. The molecular formula is C9H23NO3Si. The summed E-state index contributed by atoms with van der Waals surface area (Å²) in [5.41, 5.74) is 0. The van der Waals surface area contributed by atoms with Crippen LogP contribution in [-0.4, -0.2) is 35.3 Å². The zero-order valence-electron chi connectivity index (χ0n) is 9.76. The Morgan fingerprint density at radius 1 is 0.857 bits per heavy atom. The maximum absolute atomic E-state index is 5.60. The molecular weight excluding hydrogens is 198 g/mol. The van der Waals surface area contributed by atoms with Crippen LogP contribution in [0.15, 0.2) is 0 Å². The average Bonchev–Trinajstić information content (AvgIpc) is 2.16. The van der Waals surface area contributed by atoms with E-state index in [9.17, 15) is 0 Å². The molecule has 0 bridgehead atoms. The molecule has 4 nitrogen and oxygen atoms in total. The Morgan fingerprint density at radius 3 is 1.57 bits per heavy atom. The third-order valence-corrected chi connectivity index (χ3v) is 4.28. The van der Waals surface area contributed by atoms with Gasteiger partial charge in [0, 0.05) is 19.8 Å². The molecule has 0 atom stereocenters. The first kappa shape index (κ1) is 14.1. The Balaban J connectivity index is 4.21. The summed E-state index contributed by atoms with van der Waals surface area (Å²) in [4.78, 5) is 3.26. The van der Waals surface area contributed by atoms with Gasteiger partial charge in [-0.05, 0) is 33.7 Å². The van der Waals surface area contributed by atoms with Gasteiger partial charge in [0.1, 0.15) is 0 Å². The predicted molar refractivity (Wildman–Crippen MR) is 58.9 cm³/mol. The van der Waals surface area contributed by atoms with Gasteiger partial charge in [-0.2, -0.15) is 0 Å². The van der Waals surface area contributed by atoms with Gasteiger partial charge in [0.2, 0.25) is 0 Å². The minimum absolute atomic E-state index is 0.614. The summed E-state index contributed by atoms with van der Waals surface area (Å²) >= 11 is 0. The van der Waals surface area contributed by atoms with Crippen LogP contribution in [0.4, 0.5) is 0 Å². The van der Waals surface area contributed by atoms with E-state index in [0.29, 0.717) is 19.8 Å². The van der Waals surface area contributed by atoms with Gasteiger partial charge in [0.05, 0.1) is 0 Å². The number of rotatable bonds is 9. The van der Waals surface area contributed by atoms with E-state index in [4.69, 9.17) is 13.3 Å². The van der Waals surface area contributed by atoms with E-state index in [1.165, 1.54) is 0 Å². The van der Waals surface area contributed by atoms with Crippen LogP contribution in [-0.2, 0) is 13.3 Å². The standard InChI is InChI=1S/C9H23NO3Si/c1-5-9-10-14(11-6-2,12-7-3)13-8-4/h10H,5-9H2,1-4H3. The SMILES string of the molecule is CCCN[Si](OCC)(OCC)OCC. The number of nitrogens with one attached hydrogen (secondary N) is 1. The van der Waals surface area contributed by atoms with Crippen LogP contribution in [0.1, 0.15) is 34.1 Å². The first-order valence-electron chi connectivity index (χ1n) is 5.41. The van der Waals surface area contributed by atoms with Crippen molar-refractivity contribution in [3.05, 3.63) is 0 Å². The van der Waals surface area contributed by atoms with Gasteiger partial charge in [-0.25, -0.2) is 0 Å². The predicted octanol–water partition coefficient (Wildman–Crippen LogP) is 1.53. The van der Waals surface area contributed by atoms with Crippen molar-refractivity contribution in [1.82, 2.24) is 4.98 Å². The zero-order valence-corrected chi connectivity index (χ0v) is 10.8. The summed E-state index contributed by atoms with van der Waals surface area (Å²) in [7, 11) is -2.57. The van der Waals surface area contributed by atoms with E-state index < -0.39 is 8.97 Å². The lowest BCUT2D eigenvalue weighted by molar-refractivity contribution is 0.0600. The summed E-state index contributed by atoms with van der Waals surface area (Å²) < 4.78 is 16.8. The van der Waals surface area contributed by atoms with Gasteiger partial charge in [-0.3, -0.25) is 4.98 Å². The summed E-state index contributed by atoms with van der Waals surface area (Å²) in [5.74, 6) is 0. The molecule has 0 amide bonds. The lowest BCUT2D eigenvalue weighted by atomic mass is 10.5. The van der Waals surface area contributed by atoms with Crippen LogP contribution < -0.4 is 4.98 Å². The van der Waals surface area contributed by atoms with E-state index in [-0.39, 0.29) is 0 Å². The van der Waals surface area contributed by atoms with Crippen molar-refractivity contribution in [3.63, 3.8) is 0 Å². The molecule has 5 heteroatoms. The molecule has 0 rings (SSSR count). The largest absolute Gasteiger partial charge is 0.596 e. The van der Waals surface area contributed by atoms with E-state index in [1.807, 2.05) is 20.8 Å². The molecule has 0 saturated heterocycles. The van der Waals surface area contributed by atoms with Crippen molar-refractivity contribution in [2.45, 2.75) is 34.1 Å². The molecule has 0 aliphatic heterocycles. The molecule has 0 heterocycles. The molecule has 0 fully saturated rings. The lowest BCUT2D eigenvalue weighted by Gasteiger charge is -2.28. The fraction of sp³-hybridized carbons (Fsp3) is 1.00. The van der Waals surface area contributed by atoms with Crippen LogP contribution in [0.5, 0.6) is 0 Å². The van der Waals surface area contributed by atoms with Gasteiger partial charge in [-0.15, -0.1) is 0 Å². The second-order valence-electron chi connectivity index (χ2n) is 2.78. The Hall–Kier alpha value is 0.0569. The quantitative estimate of drug-likeness (QED) is 0.599. The fourth-order valence-electron chi connectivity index (χ4n) is 1.13. The molecule has 0 aliphatic rings. The van der Waals surface area contributed by atoms with Crippen molar-refractivity contribution in [2.24, 2.45) is 0 Å². The van der Waals surface area contributed by atoms with Crippen molar-refractivity contribution >= 4 is 8.97 Å². The fourth-order valence-corrected chi connectivity index (χ4v) is 3.38. The Morgan fingerprint density at radius 2 is 1.29 bits per heavy atom. The van der Waals surface area contributed by atoms with Crippen LogP contribution in [0, 0.1) is 0 Å². The Kier molecular flexibility index (Phi) is 8.41.